The summed E-state index contributed by atoms with van der Waals surface area (Å²) in [6.45, 7) is 6.15. The average Bonchev–Trinajstić information content (AvgIpc) is 2.69. The van der Waals surface area contributed by atoms with Crippen molar-refractivity contribution >= 4 is 35.0 Å². The van der Waals surface area contributed by atoms with Gasteiger partial charge in [-0.1, -0.05) is 67.4 Å². The summed E-state index contributed by atoms with van der Waals surface area (Å²) in [5.41, 5.74) is 1.62. The predicted octanol–water partition coefficient (Wildman–Crippen LogP) is 5.26. The van der Waals surface area contributed by atoms with E-state index >= 15 is 0 Å². The van der Waals surface area contributed by atoms with E-state index < -0.39 is 6.04 Å². The molecule has 0 bridgehead atoms. The van der Waals surface area contributed by atoms with E-state index in [2.05, 4.69) is 5.32 Å². The number of nitrogens with zero attached hydrogens (tertiary/aromatic N) is 1. The maximum Gasteiger partial charge on any atom is 0.243 e. The quantitative estimate of drug-likeness (QED) is 0.584. The molecule has 1 N–H and O–H groups in total. The third kappa shape index (κ3) is 6.76. The van der Waals surface area contributed by atoms with Gasteiger partial charge in [0, 0.05) is 22.6 Å². The molecule has 6 heteroatoms. The number of carbonyl (C=O) groups excluding carboxylic acids is 2. The molecule has 0 aliphatic carbocycles. The lowest BCUT2D eigenvalue weighted by Gasteiger charge is -2.32. The van der Waals surface area contributed by atoms with Gasteiger partial charge in [-0.3, -0.25) is 9.59 Å². The molecule has 2 aromatic carbocycles. The number of nitrogens with one attached hydrogen (secondary N) is 1. The Balaban J connectivity index is 2.31. The largest absolute Gasteiger partial charge is 0.352 e. The third-order valence-electron chi connectivity index (χ3n) is 4.93. The van der Waals surface area contributed by atoms with E-state index in [0.717, 1.165) is 17.5 Å². The van der Waals surface area contributed by atoms with Crippen molar-refractivity contribution in [2.24, 2.45) is 0 Å². The molecule has 0 fully saturated rings. The standard InChI is InChI=1S/C23H28Cl2N2O2/c1-4-16(3)26-23(29)21(5-2)27(15-18-10-6-7-12-20(18)25)22(28)14-17-9-8-11-19(24)13-17/h6-13,16,21H,4-5,14-15H2,1-3H3,(H,26,29)/t16-,21+/m1/s1. The van der Waals surface area contributed by atoms with Crippen LogP contribution in [-0.4, -0.2) is 28.8 Å². The Morgan fingerprint density at radius 3 is 2.38 bits per heavy atom. The Labute approximate surface area is 183 Å². The lowest BCUT2D eigenvalue weighted by atomic mass is 10.1. The van der Waals surface area contributed by atoms with Gasteiger partial charge in [-0.2, -0.15) is 0 Å². The van der Waals surface area contributed by atoms with Gasteiger partial charge in [-0.15, -0.1) is 0 Å². The fourth-order valence-electron chi connectivity index (χ4n) is 3.09. The highest BCUT2D eigenvalue weighted by atomic mass is 35.5. The first-order valence-corrected chi connectivity index (χ1v) is 10.7. The van der Waals surface area contributed by atoms with E-state index in [1.807, 2.05) is 51.1 Å². The van der Waals surface area contributed by atoms with Crippen LogP contribution >= 0.6 is 23.2 Å². The SMILES string of the molecule is CC[C@@H](C)NC(=O)[C@H](CC)N(Cc1ccccc1Cl)C(=O)Cc1cccc(Cl)c1. The summed E-state index contributed by atoms with van der Waals surface area (Å²) >= 11 is 12.4. The Bertz CT molecular complexity index is 841. The Kier molecular flexibility index (Phi) is 8.99. The van der Waals surface area contributed by atoms with Crippen molar-refractivity contribution in [2.75, 3.05) is 0 Å². The molecule has 156 valence electrons. The van der Waals surface area contributed by atoms with Gasteiger partial charge in [0.1, 0.15) is 6.04 Å². The summed E-state index contributed by atoms with van der Waals surface area (Å²) in [5, 5.41) is 4.15. The molecule has 2 amide bonds. The van der Waals surface area contributed by atoms with Gasteiger partial charge in [0.15, 0.2) is 0 Å². The Hall–Kier alpha value is -2.04. The summed E-state index contributed by atoms with van der Waals surface area (Å²) in [6, 6.07) is 14.1. The number of hydrogen-bond acceptors (Lipinski definition) is 2. The molecule has 0 heterocycles. The zero-order valence-electron chi connectivity index (χ0n) is 17.1. The van der Waals surface area contributed by atoms with Gasteiger partial charge >= 0.3 is 0 Å². The minimum Gasteiger partial charge on any atom is -0.352 e. The lowest BCUT2D eigenvalue weighted by molar-refractivity contribution is -0.141. The highest BCUT2D eigenvalue weighted by Gasteiger charge is 2.29. The Morgan fingerprint density at radius 2 is 1.76 bits per heavy atom. The fourth-order valence-corrected chi connectivity index (χ4v) is 3.50. The Morgan fingerprint density at radius 1 is 1.03 bits per heavy atom. The van der Waals surface area contributed by atoms with Crippen LogP contribution in [0.2, 0.25) is 10.0 Å². The van der Waals surface area contributed by atoms with Gasteiger partial charge in [-0.05, 0) is 49.1 Å². The van der Waals surface area contributed by atoms with E-state index in [1.54, 1.807) is 23.1 Å². The molecule has 0 saturated heterocycles. The molecule has 0 unspecified atom stereocenters. The highest BCUT2D eigenvalue weighted by Crippen LogP contribution is 2.21. The summed E-state index contributed by atoms with van der Waals surface area (Å²) < 4.78 is 0. The minimum atomic E-state index is -0.577. The second-order valence-electron chi connectivity index (χ2n) is 7.16. The maximum absolute atomic E-state index is 13.3. The molecule has 0 aliphatic heterocycles. The maximum atomic E-state index is 13.3. The molecule has 4 nitrogen and oxygen atoms in total. The van der Waals surface area contributed by atoms with Crippen LogP contribution in [0.3, 0.4) is 0 Å². The van der Waals surface area contributed by atoms with E-state index in [0.29, 0.717) is 16.5 Å². The summed E-state index contributed by atoms with van der Waals surface area (Å²) in [4.78, 5) is 27.8. The van der Waals surface area contributed by atoms with Crippen LogP contribution in [0.25, 0.3) is 0 Å². The van der Waals surface area contributed by atoms with Crippen molar-refractivity contribution in [3.8, 4) is 0 Å². The van der Waals surface area contributed by atoms with Gasteiger partial charge in [0.25, 0.3) is 0 Å². The first kappa shape index (κ1) is 23.2. The molecule has 2 aromatic rings. The third-order valence-corrected chi connectivity index (χ3v) is 5.53. The van der Waals surface area contributed by atoms with Crippen LogP contribution in [-0.2, 0) is 22.6 Å². The number of carbonyl (C=O) groups is 2. The monoisotopic (exact) mass is 434 g/mol. The second-order valence-corrected chi connectivity index (χ2v) is 8.01. The van der Waals surface area contributed by atoms with Crippen LogP contribution in [0.4, 0.5) is 0 Å². The number of halogens is 2. The van der Waals surface area contributed by atoms with Crippen LogP contribution in [0, 0.1) is 0 Å². The number of amides is 2. The van der Waals surface area contributed by atoms with Crippen LogP contribution in [0.15, 0.2) is 48.5 Å². The number of hydrogen-bond donors (Lipinski definition) is 1. The fraction of sp³-hybridized carbons (Fsp3) is 0.391. The molecule has 0 aliphatic rings. The number of benzene rings is 2. The molecule has 2 atom stereocenters. The van der Waals surface area contributed by atoms with Crippen molar-refractivity contribution in [1.82, 2.24) is 10.2 Å². The summed E-state index contributed by atoms with van der Waals surface area (Å²) in [6.07, 6.45) is 1.50. The van der Waals surface area contributed by atoms with Gasteiger partial charge in [0.05, 0.1) is 6.42 Å². The zero-order valence-corrected chi connectivity index (χ0v) is 18.6. The first-order chi connectivity index (χ1) is 13.8. The van der Waals surface area contributed by atoms with Gasteiger partial charge < -0.3 is 10.2 Å². The van der Waals surface area contributed by atoms with Gasteiger partial charge in [-0.25, -0.2) is 0 Å². The topological polar surface area (TPSA) is 49.4 Å². The smallest absolute Gasteiger partial charge is 0.243 e. The number of rotatable bonds is 9. The second kappa shape index (κ2) is 11.2. The summed E-state index contributed by atoms with van der Waals surface area (Å²) in [5.74, 6) is -0.285. The molecule has 0 radical (unpaired) electrons. The zero-order chi connectivity index (χ0) is 21.4. The van der Waals surface area contributed by atoms with Crippen molar-refractivity contribution in [2.45, 2.75) is 58.7 Å². The minimum absolute atomic E-state index is 0.0433. The molecule has 0 saturated carbocycles. The van der Waals surface area contributed by atoms with Crippen molar-refractivity contribution in [1.29, 1.82) is 0 Å². The molecular formula is C23H28Cl2N2O2. The van der Waals surface area contributed by atoms with E-state index in [1.165, 1.54) is 0 Å². The summed E-state index contributed by atoms with van der Waals surface area (Å²) in [7, 11) is 0. The van der Waals surface area contributed by atoms with Crippen LogP contribution in [0.5, 0.6) is 0 Å². The van der Waals surface area contributed by atoms with E-state index in [4.69, 9.17) is 23.2 Å². The molecular weight excluding hydrogens is 407 g/mol. The predicted molar refractivity (Wildman–Crippen MR) is 119 cm³/mol. The molecule has 29 heavy (non-hydrogen) atoms. The van der Waals surface area contributed by atoms with E-state index in [9.17, 15) is 9.59 Å². The van der Waals surface area contributed by atoms with Crippen molar-refractivity contribution in [3.63, 3.8) is 0 Å². The average molecular weight is 435 g/mol. The van der Waals surface area contributed by atoms with Crippen LogP contribution < -0.4 is 5.32 Å². The molecule has 0 spiro atoms. The molecule has 2 rings (SSSR count). The van der Waals surface area contributed by atoms with Gasteiger partial charge in [0.2, 0.25) is 11.8 Å². The molecule has 0 aromatic heterocycles. The normalized spacial score (nSPS) is 12.9. The lowest BCUT2D eigenvalue weighted by Crippen LogP contribution is -2.51. The van der Waals surface area contributed by atoms with E-state index in [-0.39, 0.29) is 30.8 Å². The first-order valence-electron chi connectivity index (χ1n) is 9.93. The van der Waals surface area contributed by atoms with Crippen molar-refractivity contribution < 1.29 is 9.59 Å². The highest BCUT2D eigenvalue weighted by molar-refractivity contribution is 6.31. The van der Waals surface area contributed by atoms with Crippen molar-refractivity contribution in [3.05, 3.63) is 69.7 Å². The van der Waals surface area contributed by atoms with Crippen LogP contribution in [0.1, 0.15) is 44.7 Å².